The summed E-state index contributed by atoms with van der Waals surface area (Å²) in [5.41, 5.74) is 1.90. The monoisotopic (exact) mass is 478 g/mol. The van der Waals surface area contributed by atoms with E-state index >= 15 is 0 Å². The third kappa shape index (κ3) is 4.77. The van der Waals surface area contributed by atoms with E-state index in [1.807, 2.05) is 23.9 Å². The van der Waals surface area contributed by atoms with E-state index < -0.39 is 33.7 Å². The van der Waals surface area contributed by atoms with Crippen LogP contribution in [0.15, 0.2) is 39.8 Å². The van der Waals surface area contributed by atoms with Crippen LogP contribution in [0, 0.1) is 19.7 Å². The van der Waals surface area contributed by atoms with E-state index in [1.165, 1.54) is 10.4 Å². The highest BCUT2D eigenvalue weighted by molar-refractivity contribution is 7.87. The van der Waals surface area contributed by atoms with E-state index in [-0.39, 0.29) is 11.9 Å². The van der Waals surface area contributed by atoms with Gasteiger partial charge in [-0.15, -0.1) is 5.10 Å². The van der Waals surface area contributed by atoms with Crippen molar-refractivity contribution in [3.05, 3.63) is 69.5 Å². The van der Waals surface area contributed by atoms with Gasteiger partial charge in [-0.1, -0.05) is 13.0 Å². The SMILES string of the molecule is Cc1ccc(F)c(C(C)[C@H](NS(=O)(=O)N2CCC(n3cccn3)CC2)c2n[nH]c(=O)o2)c1C. The molecule has 1 aromatic carbocycles. The predicted molar refractivity (Wildman–Crippen MR) is 118 cm³/mol. The van der Waals surface area contributed by atoms with Crippen LogP contribution in [0.25, 0.3) is 0 Å². The summed E-state index contributed by atoms with van der Waals surface area (Å²) in [6.45, 7) is 5.89. The quantitative estimate of drug-likeness (QED) is 0.537. The standard InChI is InChI=1S/C21H27FN6O4S/c1-13-5-6-17(22)18(14(13)2)15(3)19(20-24-25-21(29)32-20)26-33(30,31)27-11-7-16(8-12-27)28-10-4-9-23-28/h4-6,9-10,15-16,19,26H,7-8,11-12H2,1-3H3,(H,25,29)/t15?,19-/m0/s1. The van der Waals surface area contributed by atoms with Crippen LogP contribution in [-0.2, 0) is 10.2 Å². The molecule has 10 nitrogen and oxygen atoms in total. The van der Waals surface area contributed by atoms with Crippen LogP contribution in [0.4, 0.5) is 4.39 Å². The Balaban J connectivity index is 1.60. The fraction of sp³-hybridized carbons (Fsp3) is 0.476. The second-order valence-corrected chi connectivity index (χ2v) is 10.1. The molecule has 33 heavy (non-hydrogen) atoms. The van der Waals surface area contributed by atoms with E-state index in [9.17, 15) is 17.6 Å². The number of halogens is 1. The van der Waals surface area contributed by atoms with Gasteiger partial charge in [0.25, 0.3) is 10.2 Å². The molecule has 4 rings (SSSR count). The number of aromatic amines is 1. The number of nitrogens with zero attached hydrogens (tertiary/aromatic N) is 4. The van der Waals surface area contributed by atoms with Crippen molar-refractivity contribution in [2.45, 2.75) is 51.6 Å². The van der Waals surface area contributed by atoms with Crippen molar-refractivity contribution in [1.82, 2.24) is 29.0 Å². The van der Waals surface area contributed by atoms with Crippen LogP contribution in [-0.4, -0.2) is 45.8 Å². The maximum atomic E-state index is 14.8. The molecule has 0 aliphatic carbocycles. The number of piperidine rings is 1. The molecule has 2 N–H and O–H groups in total. The molecule has 3 aromatic rings. The zero-order valence-corrected chi connectivity index (χ0v) is 19.5. The summed E-state index contributed by atoms with van der Waals surface area (Å²) >= 11 is 0. The van der Waals surface area contributed by atoms with Crippen molar-refractivity contribution in [2.24, 2.45) is 0 Å². The van der Waals surface area contributed by atoms with Crippen LogP contribution < -0.4 is 10.5 Å². The molecule has 0 bridgehead atoms. The van der Waals surface area contributed by atoms with Gasteiger partial charge in [-0.25, -0.2) is 14.3 Å². The van der Waals surface area contributed by atoms with Gasteiger partial charge in [0, 0.05) is 31.4 Å². The molecule has 1 fully saturated rings. The number of hydrogen-bond donors (Lipinski definition) is 2. The van der Waals surface area contributed by atoms with E-state index in [0.29, 0.717) is 37.1 Å². The summed E-state index contributed by atoms with van der Waals surface area (Å²) in [5.74, 6) is -2.13. The molecular weight excluding hydrogens is 451 g/mol. The lowest BCUT2D eigenvalue weighted by Crippen LogP contribution is -2.47. The number of nitrogens with one attached hydrogen (secondary N) is 2. The zero-order valence-electron chi connectivity index (χ0n) is 18.7. The Morgan fingerprint density at radius 2 is 2.00 bits per heavy atom. The van der Waals surface area contributed by atoms with Gasteiger partial charge in [-0.2, -0.15) is 22.5 Å². The topological polar surface area (TPSA) is 126 Å². The van der Waals surface area contributed by atoms with Gasteiger partial charge < -0.3 is 4.42 Å². The second-order valence-electron chi connectivity index (χ2n) is 8.36. The Bertz CT molecular complexity index is 1260. The van der Waals surface area contributed by atoms with Crippen molar-refractivity contribution < 1.29 is 17.2 Å². The smallest absolute Gasteiger partial charge is 0.391 e. The minimum Gasteiger partial charge on any atom is -0.391 e. The molecule has 0 saturated carbocycles. The molecule has 1 aliphatic heterocycles. The first-order chi connectivity index (χ1) is 15.7. The van der Waals surface area contributed by atoms with Gasteiger partial charge >= 0.3 is 5.76 Å². The molecule has 1 aliphatic rings. The summed E-state index contributed by atoms with van der Waals surface area (Å²) < 4.78 is 52.3. The molecule has 3 heterocycles. The highest BCUT2D eigenvalue weighted by atomic mass is 32.2. The van der Waals surface area contributed by atoms with Gasteiger partial charge in [0.15, 0.2) is 0 Å². The molecule has 0 radical (unpaired) electrons. The second kappa shape index (κ2) is 9.20. The van der Waals surface area contributed by atoms with Crippen LogP contribution in [0.3, 0.4) is 0 Å². The van der Waals surface area contributed by atoms with Gasteiger partial charge in [-0.05, 0) is 55.5 Å². The van der Waals surface area contributed by atoms with Crippen LogP contribution in [0.2, 0.25) is 0 Å². The summed E-state index contributed by atoms with van der Waals surface area (Å²) in [5, 5.41) is 10.2. The Morgan fingerprint density at radius 3 is 2.61 bits per heavy atom. The first-order valence-electron chi connectivity index (χ1n) is 10.7. The van der Waals surface area contributed by atoms with Crippen molar-refractivity contribution >= 4 is 10.2 Å². The lowest BCUT2D eigenvalue weighted by molar-refractivity contribution is 0.255. The summed E-state index contributed by atoms with van der Waals surface area (Å²) in [4.78, 5) is 11.6. The summed E-state index contributed by atoms with van der Waals surface area (Å²) in [7, 11) is -3.99. The Morgan fingerprint density at radius 1 is 1.27 bits per heavy atom. The normalized spacial score (nSPS) is 17.8. The Labute approximate surface area is 191 Å². The molecule has 2 atom stereocenters. The minimum absolute atomic E-state index is 0.120. The maximum Gasteiger partial charge on any atom is 0.434 e. The van der Waals surface area contributed by atoms with E-state index in [4.69, 9.17) is 4.42 Å². The molecule has 1 unspecified atom stereocenters. The summed E-state index contributed by atoms with van der Waals surface area (Å²) in [6.07, 6.45) is 4.77. The molecule has 0 spiro atoms. The zero-order chi connectivity index (χ0) is 23.8. The first kappa shape index (κ1) is 23.3. The van der Waals surface area contributed by atoms with Gasteiger partial charge in [-0.3, -0.25) is 4.68 Å². The fourth-order valence-electron chi connectivity index (χ4n) is 4.35. The van der Waals surface area contributed by atoms with Crippen LogP contribution in [0.5, 0.6) is 0 Å². The average molecular weight is 479 g/mol. The minimum atomic E-state index is -3.99. The maximum absolute atomic E-state index is 14.8. The van der Waals surface area contributed by atoms with Crippen molar-refractivity contribution in [3.63, 3.8) is 0 Å². The van der Waals surface area contributed by atoms with Crippen molar-refractivity contribution in [3.8, 4) is 0 Å². The van der Waals surface area contributed by atoms with Gasteiger partial charge in [0.05, 0.1) is 6.04 Å². The number of benzene rings is 1. The van der Waals surface area contributed by atoms with Crippen LogP contribution in [0.1, 0.15) is 60.3 Å². The fourth-order valence-corrected chi connectivity index (χ4v) is 5.82. The Kier molecular flexibility index (Phi) is 6.50. The average Bonchev–Trinajstić information content (AvgIpc) is 3.47. The number of aryl methyl sites for hydroxylation is 1. The van der Waals surface area contributed by atoms with Crippen molar-refractivity contribution in [2.75, 3.05) is 13.1 Å². The Hall–Kier alpha value is -2.83. The summed E-state index contributed by atoms with van der Waals surface area (Å²) in [6, 6.07) is 3.88. The molecule has 1 saturated heterocycles. The lowest BCUT2D eigenvalue weighted by Gasteiger charge is -2.33. The number of H-pyrrole nitrogens is 1. The molecular formula is C21H27FN6O4S. The highest BCUT2D eigenvalue weighted by Crippen LogP contribution is 2.35. The molecule has 12 heteroatoms. The third-order valence-corrected chi connectivity index (χ3v) is 7.94. The third-order valence-electron chi connectivity index (χ3n) is 6.35. The van der Waals surface area contributed by atoms with E-state index in [0.717, 1.165) is 5.56 Å². The van der Waals surface area contributed by atoms with Crippen molar-refractivity contribution in [1.29, 1.82) is 0 Å². The number of hydrogen-bond acceptors (Lipinski definition) is 6. The predicted octanol–water partition coefficient (Wildman–Crippen LogP) is 2.33. The van der Waals surface area contributed by atoms with E-state index in [2.05, 4.69) is 20.0 Å². The lowest BCUT2D eigenvalue weighted by atomic mass is 9.88. The highest BCUT2D eigenvalue weighted by Gasteiger charge is 2.36. The van der Waals surface area contributed by atoms with Gasteiger partial charge in [0.1, 0.15) is 11.9 Å². The number of rotatable bonds is 7. The molecule has 0 amide bonds. The molecule has 178 valence electrons. The largest absolute Gasteiger partial charge is 0.434 e. The molecule has 2 aromatic heterocycles. The van der Waals surface area contributed by atoms with Gasteiger partial charge in [0.2, 0.25) is 5.89 Å². The van der Waals surface area contributed by atoms with Crippen LogP contribution >= 0.6 is 0 Å². The van der Waals surface area contributed by atoms with E-state index in [1.54, 1.807) is 26.1 Å². The first-order valence-corrected chi connectivity index (χ1v) is 12.2. The number of aromatic nitrogens is 4.